The van der Waals surface area contributed by atoms with Crippen molar-refractivity contribution in [3.63, 3.8) is 0 Å². The maximum atomic E-state index is 13.3. The molecular weight excluding hydrogens is 292 g/mol. The van der Waals surface area contributed by atoms with Crippen LogP contribution in [0, 0.1) is 11.6 Å². The van der Waals surface area contributed by atoms with Gasteiger partial charge in [-0.2, -0.15) is 0 Å². The molecule has 0 aliphatic carbocycles. The number of hydrogen-bond donors (Lipinski definition) is 2. The zero-order chi connectivity index (χ0) is 16.1. The van der Waals surface area contributed by atoms with Gasteiger partial charge in [-0.25, -0.2) is 8.78 Å². The Morgan fingerprint density at radius 1 is 1.14 bits per heavy atom. The van der Waals surface area contributed by atoms with Crippen molar-refractivity contribution in [3.8, 4) is 0 Å². The first-order valence-electron chi connectivity index (χ1n) is 6.41. The molecule has 7 heteroatoms. The first kappa shape index (κ1) is 15.6. The summed E-state index contributed by atoms with van der Waals surface area (Å²) in [6.45, 7) is 0. The van der Waals surface area contributed by atoms with Crippen LogP contribution in [0.5, 0.6) is 0 Å². The average molecular weight is 305 g/mol. The summed E-state index contributed by atoms with van der Waals surface area (Å²) in [7, 11) is 1.38. The smallest absolute Gasteiger partial charge is 0.270 e. The van der Waals surface area contributed by atoms with E-state index in [4.69, 9.17) is 0 Å². The van der Waals surface area contributed by atoms with E-state index < -0.39 is 29.5 Å². The maximum absolute atomic E-state index is 13.3. The fourth-order valence-corrected chi connectivity index (χ4v) is 1.84. The molecule has 0 radical (unpaired) electrons. The molecule has 2 rings (SSSR count). The number of nitrogens with zero attached hydrogens (tertiary/aromatic N) is 1. The molecule has 0 aliphatic heterocycles. The molecule has 2 amide bonds. The summed E-state index contributed by atoms with van der Waals surface area (Å²) in [5.74, 6) is -3.29. The molecule has 0 fully saturated rings. The van der Waals surface area contributed by atoms with Crippen LogP contribution in [0.1, 0.15) is 22.1 Å². The van der Waals surface area contributed by atoms with Crippen molar-refractivity contribution in [1.82, 2.24) is 15.6 Å². The minimum absolute atomic E-state index is 0.110. The summed E-state index contributed by atoms with van der Waals surface area (Å²) in [4.78, 5) is 27.9. The van der Waals surface area contributed by atoms with E-state index in [1.807, 2.05) is 0 Å². The Labute approximate surface area is 125 Å². The largest absolute Gasteiger partial charge is 0.357 e. The van der Waals surface area contributed by atoms with Crippen molar-refractivity contribution in [2.24, 2.45) is 0 Å². The Morgan fingerprint density at radius 3 is 2.50 bits per heavy atom. The van der Waals surface area contributed by atoms with Crippen LogP contribution >= 0.6 is 0 Å². The average Bonchev–Trinajstić information content (AvgIpc) is 2.55. The third-order valence-electron chi connectivity index (χ3n) is 2.96. The summed E-state index contributed by atoms with van der Waals surface area (Å²) in [6, 6.07) is 6.58. The Morgan fingerprint density at radius 2 is 1.91 bits per heavy atom. The van der Waals surface area contributed by atoms with E-state index in [0.29, 0.717) is 0 Å². The normalized spacial score (nSPS) is 11.6. The van der Waals surface area contributed by atoms with Gasteiger partial charge in [0.05, 0.1) is 0 Å². The number of halogens is 2. The van der Waals surface area contributed by atoms with Gasteiger partial charge in [0.15, 0.2) is 11.6 Å². The van der Waals surface area contributed by atoms with E-state index in [2.05, 4.69) is 15.6 Å². The van der Waals surface area contributed by atoms with Gasteiger partial charge in [0.2, 0.25) is 5.91 Å². The summed E-state index contributed by atoms with van der Waals surface area (Å²) in [6.07, 6.45) is 1.43. The van der Waals surface area contributed by atoms with Gasteiger partial charge >= 0.3 is 0 Å². The second-order valence-electron chi connectivity index (χ2n) is 4.41. The lowest BCUT2D eigenvalue weighted by Gasteiger charge is -2.17. The van der Waals surface area contributed by atoms with Gasteiger partial charge in [-0.3, -0.25) is 14.6 Å². The number of carbonyl (C=O) groups is 2. The lowest BCUT2D eigenvalue weighted by molar-refractivity contribution is -0.122. The second kappa shape index (κ2) is 6.75. The second-order valence-corrected chi connectivity index (χ2v) is 4.41. The van der Waals surface area contributed by atoms with Crippen molar-refractivity contribution in [2.45, 2.75) is 6.04 Å². The van der Waals surface area contributed by atoms with Gasteiger partial charge in [-0.1, -0.05) is 12.1 Å². The Balaban J connectivity index is 2.29. The highest BCUT2D eigenvalue weighted by Gasteiger charge is 2.23. The van der Waals surface area contributed by atoms with Gasteiger partial charge < -0.3 is 10.6 Å². The first-order chi connectivity index (χ1) is 10.5. The molecule has 1 aromatic carbocycles. The van der Waals surface area contributed by atoms with E-state index in [1.165, 1.54) is 25.4 Å². The lowest BCUT2D eigenvalue weighted by Crippen LogP contribution is -2.39. The van der Waals surface area contributed by atoms with E-state index in [0.717, 1.165) is 12.1 Å². The molecule has 1 heterocycles. The van der Waals surface area contributed by atoms with Crippen LogP contribution in [0.2, 0.25) is 0 Å². The molecule has 5 nitrogen and oxygen atoms in total. The van der Waals surface area contributed by atoms with Crippen LogP contribution < -0.4 is 10.6 Å². The van der Waals surface area contributed by atoms with Crippen LogP contribution in [-0.4, -0.2) is 23.8 Å². The van der Waals surface area contributed by atoms with E-state index in [9.17, 15) is 18.4 Å². The quantitative estimate of drug-likeness (QED) is 0.901. The van der Waals surface area contributed by atoms with Crippen LogP contribution in [0.3, 0.4) is 0 Å². The molecule has 1 atom stereocenters. The van der Waals surface area contributed by atoms with Crippen molar-refractivity contribution < 1.29 is 18.4 Å². The minimum atomic E-state index is -1.16. The number of pyridine rings is 1. The summed E-state index contributed by atoms with van der Waals surface area (Å²) in [5.41, 5.74) is 0.238. The van der Waals surface area contributed by atoms with E-state index in [1.54, 1.807) is 12.1 Å². The van der Waals surface area contributed by atoms with E-state index in [-0.39, 0.29) is 11.3 Å². The lowest BCUT2D eigenvalue weighted by atomic mass is 10.1. The molecular formula is C15H13F2N3O2. The first-order valence-corrected chi connectivity index (χ1v) is 6.41. The highest BCUT2D eigenvalue weighted by Crippen LogP contribution is 2.17. The van der Waals surface area contributed by atoms with Crippen molar-refractivity contribution in [2.75, 3.05) is 7.05 Å². The third kappa shape index (κ3) is 3.43. The van der Waals surface area contributed by atoms with Crippen molar-refractivity contribution in [1.29, 1.82) is 0 Å². The molecule has 0 bridgehead atoms. The zero-order valence-corrected chi connectivity index (χ0v) is 11.6. The Bertz CT molecular complexity index is 692. The van der Waals surface area contributed by atoms with Gasteiger partial charge in [0.1, 0.15) is 11.7 Å². The molecule has 1 unspecified atom stereocenters. The zero-order valence-electron chi connectivity index (χ0n) is 11.6. The fraction of sp³-hybridized carbons (Fsp3) is 0.133. The maximum Gasteiger partial charge on any atom is 0.270 e. The summed E-state index contributed by atoms with van der Waals surface area (Å²) < 4.78 is 26.3. The minimum Gasteiger partial charge on any atom is -0.357 e. The van der Waals surface area contributed by atoms with Gasteiger partial charge in [-0.05, 0) is 29.8 Å². The molecule has 2 aromatic rings. The fourth-order valence-electron chi connectivity index (χ4n) is 1.84. The van der Waals surface area contributed by atoms with Gasteiger partial charge in [0, 0.05) is 13.2 Å². The van der Waals surface area contributed by atoms with Crippen LogP contribution in [0.4, 0.5) is 8.78 Å². The molecule has 0 aliphatic rings. The predicted molar refractivity (Wildman–Crippen MR) is 74.9 cm³/mol. The number of carbonyl (C=O) groups excluding carboxylic acids is 2. The standard InChI is InChI=1S/C15H13F2N3O2/c1-18-15(22)13(9-5-6-10(16)11(17)8-9)20-14(21)12-4-2-3-7-19-12/h2-8,13H,1H3,(H,18,22)(H,20,21). The number of nitrogens with one attached hydrogen (secondary N) is 2. The summed E-state index contributed by atoms with van der Waals surface area (Å²) in [5, 5.41) is 4.81. The molecule has 114 valence electrons. The number of rotatable bonds is 4. The number of benzene rings is 1. The van der Waals surface area contributed by atoms with Crippen LogP contribution in [0.25, 0.3) is 0 Å². The number of aromatic nitrogens is 1. The monoisotopic (exact) mass is 305 g/mol. The molecule has 22 heavy (non-hydrogen) atoms. The highest BCUT2D eigenvalue weighted by atomic mass is 19.2. The van der Waals surface area contributed by atoms with Crippen LogP contribution in [-0.2, 0) is 4.79 Å². The molecule has 1 aromatic heterocycles. The number of hydrogen-bond acceptors (Lipinski definition) is 3. The SMILES string of the molecule is CNC(=O)C(NC(=O)c1ccccn1)c1ccc(F)c(F)c1. The van der Waals surface area contributed by atoms with Gasteiger partial charge in [-0.15, -0.1) is 0 Å². The van der Waals surface area contributed by atoms with Crippen molar-refractivity contribution >= 4 is 11.8 Å². The summed E-state index contributed by atoms with van der Waals surface area (Å²) >= 11 is 0. The van der Waals surface area contributed by atoms with Gasteiger partial charge in [0.25, 0.3) is 5.91 Å². The van der Waals surface area contributed by atoms with Crippen LogP contribution in [0.15, 0.2) is 42.6 Å². The Kier molecular flexibility index (Phi) is 4.77. The number of likely N-dealkylation sites (N-methyl/N-ethyl adjacent to an activating group) is 1. The molecule has 0 saturated carbocycles. The molecule has 2 N–H and O–H groups in total. The predicted octanol–water partition coefficient (Wildman–Crippen LogP) is 1.58. The van der Waals surface area contributed by atoms with E-state index >= 15 is 0 Å². The molecule has 0 saturated heterocycles. The molecule has 0 spiro atoms. The topological polar surface area (TPSA) is 71.1 Å². The van der Waals surface area contributed by atoms with Crippen molar-refractivity contribution in [3.05, 3.63) is 65.5 Å². The highest BCUT2D eigenvalue weighted by molar-refractivity contribution is 5.96. The number of amides is 2. The third-order valence-corrected chi connectivity index (χ3v) is 2.96. The Hall–Kier alpha value is -2.83.